The summed E-state index contributed by atoms with van der Waals surface area (Å²) in [6.45, 7) is 3.30. The Kier molecular flexibility index (Phi) is 5.69. The topological polar surface area (TPSA) is 63.5 Å². The monoisotopic (exact) mass is 286 g/mol. The minimum Gasteiger partial charge on any atom is -0.440 e. The van der Waals surface area contributed by atoms with Gasteiger partial charge in [0, 0.05) is 13.2 Å². The van der Waals surface area contributed by atoms with Crippen molar-refractivity contribution in [2.75, 3.05) is 26.2 Å². The molecule has 0 saturated carbocycles. The summed E-state index contributed by atoms with van der Waals surface area (Å²) in [5, 5.41) is 6.28. The fourth-order valence-corrected chi connectivity index (χ4v) is 2.16. The third kappa shape index (κ3) is 4.86. The maximum atomic E-state index is 11.6. The first kappa shape index (κ1) is 14.4. The molecule has 0 aliphatic carbocycles. The molecule has 19 heavy (non-hydrogen) atoms. The third-order valence-corrected chi connectivity index (χ3v) is 3.25. The van der Waals surface area contributed by atoms with Gasteiger partial charge in [0.25, 0.3) is 5.91 Å². The second-order valence-corrected chi connectivity index (χ2v) is 4.91. The van der Waals surface area contributed by atoms with Gasteiger partial charge in [0.05, 0.1) is 6.10 Å². The van der Waals surface area contributed by atoms with Crippen LogP contribution in [0.2, 0.25) is 5.22 Å². The molecule has 0 aromatic carbocycles. The van der Waals surface area contributed by atoms with Crippen molar-refractivity contribution < 1.29 is 13.9 Å². The number of carbonyl (C=O) groups excluding carboxylic acids is 1. The molecular formula is C13H19ClN2O3. The van der Waals surface area contributed by atoms with E-state index in [1.54, 1.807) is 12.1 Å². The standard InChI is InChI=1S/C13H19ClN2O3/c14-12-3-2-11(19-12)13(17)16-6-1-9-18-10-4-7-15-8-5-10/h2-3,10,15H,1,4-9H2,(H,16,17). The molecule has 1 saturated heterocycles. The van der Waals surface area contributed by atoms with Crippen molar-refractivity contribution in [3.05, 3.63) is 23.1 Å². The van der Waals surface area contributed by atoms with Gasteiger partial charge in [-0.1, -0.05) is 0 Å². The number of rotatable bonds is 6. The first-order valence-electron chi connectivity index (χ1n) is 6.61. The lowest BCUT2D eigenvalue weighted by Crippen LogP contribution is -2.33. The zero-order valence-corrected chi connectivity index (χ0v) is 11.5. The van der Waals surface area contributed by atoms with Crippen LogP contribution in [0.15, 0.2) is 16.5 Å². The average Bonchev–Trinajstić information content (AvgIpc) is 2.86. The average molecular weight is 287 g/mol. The van der Waals surface area contributed by atoms with Crippen LogP contribution in [0.4, 0.5) is 0 Å². The maximum Gasteiger partial charge on any atom is 0.287 e. The summed E-state index contributed by atoms with van der Waals surface area (Å²) in [5.41, 5.74) is 0. The van der Waals surface area contributed by atoms with Gasteiger partial charge in [0.1, 0.15) is 0 Å². The molecule has 0 spiro atoms. The van der Waals surface area contributed by atoms with Crippen LogP contribution in [0.5, 0.6) is 0 Å². The number of nitrogens with one attached hydrogen (secondary N) is 2. The molecule has 1 fully saturated rings. The van der Waals surface area contributed by atoms with Crippen LogP contribution in [0.25, 0.3) is 0 Å². The number of furan rings is 1. The first-order valence-corrected chi connectivity index (χ1v) is 6.99. The fraction of sp³-hybridized carbons (Fsp3) is 0.615. The SMILES string of the molecule is O=C(NCCCOC1CCNCC1)c1ccc(Cl)o1. The van der Waals surface area contributed by atoms with Gasteiger partial charge in [-0.2, -0.15) is 0 Å². The van der Waals surface area contributed by atoms with E-state index in [9.17, 15) is 4.79 Å². The summed E-state index contributed by atoms with van der Waals surface area (Å²) in [7, 11) is 0. The maximum absolute atomic E-state index is 11.6. The number of amides is 1. The van der Waals surface area contributed by atoms with Crippen LogP contribution in [0, 0.1) is 0 Å². The minimum absolute atomic E-state index is 0.222. The zero-order chi connectivity index (χ0) is 13.5. The zero-order valence-electron chi connectivity index (χ0n) is 10.8. The molecule has 106 valence electrons. The van der Waals surface area contributed by atoms with Crippen molar-refractivity contribution in [3.8, 4) is 0 Å². The molecule has 2 N–H and O–H groups in total. The lowest BCUT2D eigenvalue weighted by molar-refractivity contribution is 0.0317. The van der Waals surface area contributed by atoms with Crippen LogP contribution < -0.4 is 10.6 Å². The van der Waals surface area contributed by atoms with E-state index < -0.39 is 0 Å². The van der Waals surface area contributed by atoms with Gasteiger partial charge in [-0.15, -0.1) is 0 Å². The number of carbonyl (C=O) groups is 1. The molecule has 0 atom stereocenters. The molecule has 5 nitrogen and oxygen atoms in total. The molecule has 0 unspecified atom stereocenters. The number of hydrogen-bond acceptors (Lipinski definition) is 4. The Morgan fingerprint density at radius 1 is 1.47 bits per heavy atom. The van der Waals surface area contributed by atoms with E-state index in [2.05, 4.69) is 10.6 Å². The lowest BCUT2D eigenvalue weighted by Gasteiger charge is -2.22. The number of piperidine rings is 1. The first-order chi connectivity index (χ1) is 9.25. The van der Waals surface area contributed by atoms with Crippen LogP contribution in [0.3, 0.4) is 0 Å². The highest BCUT2D eigenvalue weighted by Crippen LogP contribution is 2.12. The van der Waals surface area contributed by atoms with Gasteiger partial charge in [-0.05, 0) is 56.1 Å². The van der Waals surface area contributed by atoms with Crippen LogP contribution in [0.1, 0.15) is 29.8 Å². The van der Waals surface area contributed by atoms with Gasteiger partial charge in [0.15, 0.2) is 11.0 Å². The molecule has 1 aliphatic heterocycles. The third-order valence-electron chi connectivity index (χ3n) is 3.04. The van der Waals surface area contributed by atoms with E-state index in [0.29, 0.717) is 19.3 Å². The molecular weight excluding hydrogens is 268 g/mol. The Hall–Kier alpha value is -1.04. The van der Waals surface area contributed by atoms with E-state index in [4.69, 9.17) is 20.8 Å². The highest BCUT2D eigenvalue weighted by molar-refractivity contribution is 6.29. The number of ether oxygens (including phenoxy) is 1. The van der Waals surface area contributed by atoms with Crippen molar-refractivity contribution in [2.24, 2.45) is 0 Å². The normalized spacial score (nSPS) is 16.5. The molecule has 1 amide bonds. The Balaban J connectivity index is 1.55. The molecule has 6 heteroatoms. The van der Waals surface area contributed by atoms with Crippen LogP contribution in [-0.2, 0) is 4.74 Å². The highest BCUT2D eigenvalue weighted by Gasteiger charge is 2.13. The van der Waals surface area contributed by atoms with Gasteiger partial charge in [-0.3, -0.25) is 4.79 Å². The summed E-state index contributed by atoms with van der Waals surface area (Å²) in [4.78, 5) is 11.6. The Morgan fingerprint density at radius 2 is 2.26 bits per heavy atom. The second-order valence-electron chi connectivity index (χ2n) is 4.53. The quantitative estimate of drug-likeness (QED) is 0.783. The summed E-state index contributed by atoms with van der Waals surface area (Å²) >= 11 is 5.60. The van der Waals surface area contributed by atoms with Gasteiger partial charge < -0.3 is 19.8 Å². The van der Waals surface area contributed by atoms with Crippen molar-refractivity contribution in [1.82, 2.24) is 10.6 Å². The Bertz CT molecular complexity index is 402. The fourth-order valence-electron chi connectivity index (χ4n) is 2.01. The smallest absolute Gasteiger partial charge is 0.287 e. The van der Waals surface area contributed by atoms with E-state index in [1.807, 2.05) is 0 Å². The summed E-state index contributed by atoms with van der Waals surface area (Å²) in [5.74, 6) is -0.00182. The largest absolute Gasteiger partial charge is 0.440 e. The van der Waals surface area contributed by atoms with Crippen molar-refractivity contribution in [1.29, 1.82) is 0 Å². The van der Waals surface area contributed by atoms with Crippen molar-refractivity contribution >= 4 is 17.5 Å². The minimum atomic E-state index is -0.242. The van der Waals surface area contributed by atoms with Crippen LogP contribution >= 0.6 is 11.6 Å². The molecule has 1 aliphatic rings. The lowest BCUT2D eigenvalue weighted by atomic mass is 10.1. The molecule has 1 aromatic rings. The predicted octanol–water partition coefficient (Wildman–Crippen LogP) is 1.82. The second kappa shape index (κ2) is 7.53. The summed E-state index contributed by atoms with van der Waals surface area (Å²) < 4.78 is 10.8. The number of halogens is 1. The van der Waals surface area contributed by atoms with Gasteiger partial charge in [-0.25, -0.2) is 0 Å². The van der Waals surface area contributed by atoms with Gasteiger partial charge in [0.2, 0.25) is 0 Å². The molecule has 1 aromatic heterocycles. The van der Waals surface area contributed by atoms with E-state index >= 15 is 0 Å². The molecule has 0 bridgehead atoms. The summed E-state index contributed by atoms with van der Waals surface area (Å²) in [6, 6.07) is 3.11. The molecule has 2 heterocycles. The van der Waals surface area contributed by atoms with E-state index in [-0.39, 0.29) is 16.9 Å². The van der Waals surface area contributed by atoms with Crippen molar-refractivity contribution in [2.45, 2.75) is 25.4 Å². The summed E-state index contributed by atoms with van der Waals surface area (Å²) in [6.07, 6.45) is 3.29. The van der Waals surface area contributed by atoms with E-state index in [0.717, 1.165) is 32.4 Å². The van der Waals surface area contributed by atoms with Crippen LogP contribution in [-0.4, -0.2) is 38.3 Å². The molecule has 2 rings (SSSR count). The number of hydrogen-bond donors (Lipinski definition) is 2. The van der Waals surface area contributed by atoms with Gasteiger partial charge >= 0.3 is 0 Å². The van der Waals surface area contributed by atoms with Crippen molar-refractivity contribution in [3.63, 3.8) is 0 Å². The highest BCUT2D eigenvalue weighted by atomic mass is 35.5. The predicted molar refractivity (Wildman–Crippen MR) is 72.5 cm³/mol. The Morgan fingerprint density at radius 3 is 2.95 bits per heavy atom. The van der Waals surface area contributed by atoms with E-state index in [1.165, 1.54) is 0 Å². The molecule has 0 radical (unpaired) electrons. The Labute approximate surface area is 117 Å².